The molecule has 0 saturated carbocycles. The molecule has 0 amide bonds. The van der Waals surface area contributed by atoms with Gasteiger partial charge >= 0.3 is 0 Å². The first-order valence-corrected chi connectivity index (χ1v) is 8.93. The maximum Gasteiger partial charge on any atom is 0.0957 e. The van der Waals surface area contributed by atoms with Crippen molar-refractivity contribution < 1.29 is 5.11 Å². The van der Waals surface area contributed by atoms with E-state index < -0.39 is 5.60 Å². The van der Waals surface area contributed by atoms with Crippen molar-refractivity contribution in [1.29, 1.82) is 0 Å². The first-order valence-electron chi connectivity index (χ1n) is 6.89. The molecule has 0 aliphatic carbocycles. The molecule has 2 rings (SSSR count). The molecule has 1 fully saturated rings. The van der Waals surface area contributed by atoms with Crippen molar-refractivity contribution in [2.24, 2.45) is 5.41 Å². The van der Waals surface area contributed by atoms with Gasteiger partial charge in [-0.25, -0.2) is 4.98 Å². The first-order chi connectivity index (χ1) is 8.64. The molecule has 0 bridgehead atoms. The summed E-state index contributed by atoms with van der Waals surface area (Å²) in [5.74, 6) is 1.98. The summed E-state index contributed by atoms with van der Waals surface area (Å²) >= 11 is 3.55. The Morgan fingerprint density at radius 3 is 2.58 bits per heavy atom. The average molecular weight is 300 g/mol. The van der Waals surface area contributed by atoms with Gasteiger partial charge in [-0.3, -0.25) is 0 Å². The van der Waals surface area contributed by atoms with Crippen LogP contribution >= 0.6 is 23.1 Å². The van der Waals surface area contributed by atoms with Crippen LogP contribution in [0.15, 0.2) is 5.38 Å². The summed E-state index contributed by atoms with van der Waals surface area (Å²) in [6.07, 6.45) is 1.76. The average Bonchev–Trinajstić information content (AvgIpc) is 2.70. The number of nitrogens with zero attached hydrogens (tertiary/aromatic N) is 1. The van der Waals surface area contributed by atoms with E-state index in [1.807, 2.05) is 11.8 Å². The standard InChI is InChI=1S/C15H25NOS2/c1-13(2,3)11-9-19-12(16-11)8-15(17)10-18-7-6-14(15,4)5/h9,17H,6-8,10H2,1-5H3. The smallest absolute Gasteiger partial charge is 0.0957 e. The van der Waals surface area contributed by atoms with Gasteiger partial charge in [0.2, 0.25) is 0 Å². The molecular formula is C15H25NOS2. The van der Waals surface area contributed by atoms with E-state index in [4.69, 9.17) is 4.98 Å². The van der Waals surface area contributed by atoms with Crippen molar-refractivity contribution in [2.75, 3.05) is 11.5 Å². The summed E-state index contributed by atoms with van der Waals surface area (Å²) in [5, 5.41) is 14.2. The minimum absolute atomic E-state index is 0.0220. The van der Waals surface area contributed by atoms with Crippen LogP contribution in [0.1, 0.15) is 51.7 Å². The van der Waals surface area contributed by atoms with Gasteiger partial charge in [-0.1, -0.05) is 34.6 Å². The van der Waals surface area contributed by atoms with Crippen molar-refractivity contribution in [3.05, 3.63) is 16.1 Å². The molecule has 1 aromatic heterocycles. The Hall–Kier alpha value is -0.0600. The normalized spacial score (nSPS) is 27.5. The van der Waals surface area contributed by atoms with Crippen molar-refractivity contribution in [3.8, 4) is 0 Å². The molecular weight excluding hydrogens is 274 g/mol. The van der Waals surface area contributed by atoms with Gasteiger partial charge in [0.25, 0.3) is 0 Å². The van der Waals surface area contributed by atoms with E-state index in [0.29, 0.717) is 6.42 Å². The maximum atomic E-state index is 11.0. The molecule has 0 aromatic carbocycles. The Bertz CT molecular complexity index is 447. The van der Waals surface area contributed by atoms with Crippen LogP contribution in [-0.2, 0) is 11.8 Å². The van der Waals surface area contributed by atoms with Crippen LogP contribution in [0.5, 0.6) is 0 Å². The van der Waals surface area contributed by atoms with Crippen molar-refractivity contribution in [2.45, 2.75) is 58.5 Å². The molecule has 19 heavy (non-hydrogen) atoms. The molecule has 108 valence electrons. The third-order valence-electron chi connectivity index (χ3n) is 4.24. The van der Waals surface area contributed by atoms with Crippen LogP contribution in [0, 0.1) is 5.41 Å². The third-order valence-corrected chi connectivity index (χ3v) is 6.26. The fourth-order valence-electron chi connectivity index (χ4n) is 2.27. The molecule has 2 heterocycles. The van der Waals surface area contributed by atoms with E-state index in [2.05, 4.69) is 40.0 Å². The van der Waals surface area contributed by atoms with Crippen LogP contribution in [0.2, 0.25) is 0 Å². The lowest BCUT2D eigenvalue weighted by Crippen LogP contribution is -2.51. The van der Waals surface area contributed by atoms with Crippen molar-refractivity contribution in [1.82, 2.24) is 4.98 Å². The topological polar surface area (TPSA) is 33.1 Å². The lowest BCUT2D eigenvalue weighted by atomic mass is 9.72. The summed E-state index contributed by atoms with van der Waals surface area (Å²) in [6, 6.07) is 0. The number of thioether (sulfide) groups is 1. The molecule has 1 aromatic rings. The Kier molecular flexibility index (Phi) is 4.07. The highest BCUT2D eigenvalue weighted by molar-refractivity contribution is 7.99. The lowest BCUT2D eigenvalue weighted by molar-refractivity contribution is -0.0513. The van der Waals surface area contributed by atoms with E-state index >= 15 is 0 Å². The number of rotatable bonds is 2. The molecule has 4 heteroatoms. The molecule has 1 aliphatic rings. The molecule has 1 atom stereocenters. The van der Waals surface area contributed by atoms with Crippen LogP contribution in [0.3, 0.4) is 0 Å². The molecule has 0 spiro atoms. The van der Waals surface area contributed by atoms with E-state index in [1.54, 1.807) is 11.3 Å². The highest BCUT2D eigenvalue weighted by Gasteiger charge is 2.46. The van der Waals surface area contributed by atoms with Gasteiger partial charge in [-0.15, -0.1) is 11.3 Å². The number of hydrogen-bond donors (Lipinski definition) is 1. The molecule has 0 radical (unpaired) electrons. The predicted molar refractivity (Wildman–Crippen MR) is 85.2 cm³/mol. The zero-order valence-electron chi connectivity index (χ0n) is 12.6. The van der Waals surface area contributed by atoms with Gasteiger partial charge in [0.05, 0.1) is 16.3 Å². The first kappa shape index (κ1) is 15.3. The summed E-state index contributed by atoms with van der Waals surface area (Å²) in [7, 11) is 0. The Morgan fingerprint density at radius 2 is 2.05 bits per heavy atom. The second-order valence-electron chi connectivity index (χ2n) is 7.27. The van der Waals surface area contributed by atoms with Crippen LogP contribution < -0.4 is 0 Å². The molecule has 1 aliphatic heterocycles. The quantitative estimate of drug-likeness (QED) is 0.899. The second kappa shape index (κ2) is 5.05. The Morgan fingerprint density at radius 1 is 1.37 bits per heavy atom. The van der Waals surface area contributed by atoms with Gasteiger partial charge < -0.3 is 5.11 Å². The minimum Gasteiger partial charge on any atom is -0.388 e. The van der Waals surface area contributed by atoms with Crippen LogP contribution in [0.4, 0.5) is 0 Å². The highest BCUT2D eigenvalue weighted by atomic mass is 32.2. The van der Waals surface area contributed by atoms with Gasteiger partial charge in [-0.2, -0.15) is 11.8 Å². The lowest BCUT2D eigenvalue weighted by Gasteiger charge is -2.45. The Balaban J connectivity index is 2.18. The molecule has 1 saturated heterocycles. The largest absolute Gasteiger partial charge is 0.388 e. The van der Waals surface area contributed by atoms with Gasteiger partial charge in [-0.05, 0) is 17.6 Å². The number of aliphatic hydroxyl groups is 1. The van der Waals surface area contributed by atoms with E-state index in [1.165, 1.54) is 0 Å². The van der Waals surface area contributed by atoms with Crippen molar-refractivity contribution >= 4 is 23.1 Å². The maximum absolute atomic E-state index is 11.0. The van der Waals surface area contributed by atoms with Gasteiger partial charge in [0.1, 0.15) is 0 Å². The molecule has 1 N–H and O–H groups in total. The monoisotopic (exact) mass is 299 g/mol. The van der Waals surface area contributed by atoms with E-state index in [-0.39, 0.29) is 10.8 Å². The third kappa shape index (κ3) is 3.17. The fourth-order valence-corrected chi connectivity index (χ4v) is 5.03. The number of thiazole rings is 1. The number of hydrogen-bond acceptors (Lipinski definition) is 4. The summed E-state index contributed by atoms with van der Waals surface area (Å²) in [5.41, 5.74) is 0.584. The van der Waals surface area contributed by atoms with Crippen LogP contribution in [-0.4, -0.2) is 27.2 Å². The van der Waals surface area contributed by atoms with E-state index in [0.717, 1.165) is 28.6 Å². The van der Waals surface area contributed by atoms with E-state index in [9.17, 15) is 5.11 Å². The predicted octanol–water partition coefficient (Wildman–Crippen LogP) is 3.88. The summed E-state index contributed by atoms with van der Waals surface area (Å²) in [6.45, 7) is 10.9. The summed E-state index contributed by atoms with van der Waals surface area (Å²) < 4.78 is 0. The second-order valence-corrected chi connectivity index (χ2v) is 9.32. The van der Waals surface area contributed by atoms with Crippen molar-refractivity contribution in [3.63, 3.8) is 0 Å². The zero-order chi connectivity index (χ0) is 14.3. The molecule has 1 unspecified atom stereocenters. The minimum atomic E-state index is -0.622. The summed E-state index contributed by atoms with van der Waals surface area (Å²) in [4.78, 5) is 4.74. The van der Waals surface area contributed by atoms with Gasteiger partial charge in [0, 0.05) is 23.0 Å². The van der Waals surface area contributed by atoms with Crippen LogP contribution in [0.25, 0.3) is 0 Å². The van der Waals surface area contributed by atoms with Gasteiger partial charge in [0.15, 0.2) is 0 Å². The fraction of sp³-hybridized carbons (Fsp3) is 0.800. The SMILES string of the molecule is CC(C)(C)c1csc(CC2(O)CSCCC2(C)C)n1. The zero-order valence-corrected chi connectivity index (χ0v) is 14.2. The molecule has 2 nitrogen and oxygen atoms in total. The highest BCUT2D eigenvalue weighted by Crippen LogP contribution is 2.44. The Labute approximate surface area is 125 Å². The number of aromatic nitrogens is 1.